The van der Waals surface area contributed by atoms with Gasteiger partial charge in [0.1, 0.15) is 0 Å². The van der Waals surface area contributed by atoms with E-state index in [9.17, 15) is 4.79 Å². The monoisotopic (exact) mass is 369 g/mol. The molecule has 23 heavy (non-hydrogen) atoms. The van der Waals surface area contributed by atoms with Crippen LogP contribution >= 0.6 is 15.9 Å². The Morgan fingerprint density at radius 3 is 2.65 bits per heavy atom. The molecule has 1 aromatic heterocycles. The number of aryl methyl sites for hydroxylation is 1. The number of nitrogens with one attached hydrogen (secondary N) is 2. The predicted octanol–water partition coefficient (Wildman–Crippen LogP) is 4.41. The van der Waals surface area contributed by atoms with Crippen molar-refractivity contribution in [1.82, 2.24) is 10.2 Å². The molecule has 2 N–H and O–H groups in total. The lowest BCUT2D eigenvalue weighted by atomic mass is 10.1. The third kappa shape index (κ3) is 4.29. The number of H-pyrrole nitrogens is 1. The Morgan fingerprint density at radius 1 is 1.13 bits per heavy atom. The fourth-order valence-corrected chi connectivity index (χ4v) is 2.77. The quantitative estimate of drug-likeness (QED) is 0.699. The number of hydrogen-bond acceptors (Lipinski definition) is 2. The Morgan fingerprint density at radius 2 is 1.96 bits per heavy atom. The molecule has 0 aliphatic carbocycles. The van der Waals surface area contributed by atoms with Gasteiger partial charge in [-0.3, -0.25) is 9.89 Å². The SMILES string of the molecule is O=C(CCc1cccc(Br)c1)Nc1ccc(-c2ccn[nH]2)cc1. The first kappa shape index (κ1) is 15.5. The second-order valence-electron chi connectivity index (χ2n) is 5.23. The molecule has 0 spiro atoms. The van der Waals surface area contributed by atoms with E-state index in [1.807, 2.05) is 54.6 Å². The van der Waals surface area contributed by atoms with Gasteiger partial charge >= 0.3 is 0 Å². The molecule has 3 aromatic rings. The lowest BCUT2D eigenvalue weighted by Crippen LogP contribution is -2.12. The molecular formula is C18H16BrN3O. The summed E-state index contributed by atoms with van der Waals surface area (Å²) in [6.07, 6.45) is 2.89. The second-order valence-corrected chi connectivity index (χ2v) is 6.14. The van der Waals surface area contributed by atoms with E-state index in [4.69, 9.17) is 0 Å². The number of anilines is 1. The average molecular weight is 370 g/mol. The van der Waals surface area contributed by atoms with Crippen LogP contribution in [0.5, 0.6) is 0 Å². The molecule has 116 valence electrons. The highest BCUT2D eigenvalue weighted by Crippen LogP contribution is 2.19. The largest absolute Gasteiger partial charge is 0.326 e. The molecule has 0 aliphatic heterocycles. The van der Waals surface area contributed by atoms with E-state index >= 15 is 0 Å². The number of carbonyl (C=O) groups excluding carboxylic acids is 1. The van der Waals surface area contributed by atoms with E-state index in [2.05, 4.69) is 31.4 Å². The molecule has 1 heterocycles. The zero-order chi connectivity index (χ0) is 16.1. The first-order valence-corrected chi connectivity index (χ1v) is 8.14. The molecule has 0 bridgehead atoms. The highest BCUT2D eigenvalue weighted by Gasteiger charge is 2.05. The maximum atomic E-state index is 12.0. The Bertz CT molecular complexity index is 782. The molecule has 0 radical (unpaired) electrons. The van der Waals surface area contributed by atoms with Gasteiger partial charge in [0.05, 0.1) is 5.69 Å². The van der Waals surface area contributed by atoms with Crippen molar-refractivity contribution in [2.45, 2.75) is 12.8 Å². The summed E-state index contributed by atoms with van der Waals surface area (Å²) >= 11 is 3.44. The van der Waals surface area contributed by atoms with Crippen LogP contribution in [0.15, 0.2) is 65.3 Å². The van der Waals surface area contributed by atoms with Crippen LogP contribution in [-0.4, -0.2) is 16.1 Å². The van der Waals surface area contributed by atoms with Crippen LogP contribution in [0.2, 0.25) is 0 Å². The summed E-state index contributed by atoms with van der Waals surface area (Å²) in [6.45, 7) is 0. The lowest BCUT2D eigenvalue weighted by molar-refractivity contribution is -0.116. The fraction of sp³-hybridized carbons (Fsp3) is 0.111. The van der Waals surface area contributed by atoms with Crippen molar-refractivity contribution in [3.8, 4) is 11.3 Å². The molecule has 5 heteroatoms. The minimum atomic E-state index is 0.0132. The number of carbonyl (C=O) groups is 1. The van der Waals surface area contributed by atoms with Gasteiger partial charge in [-0.1, -0.05) is 40.2 Å². The van der Waals surface area contributed by atoms with Crippen molar-refractivity contribution < 1.29 is 4.79 Å². The molecule has 0 saturated carbocycles. The first-order valence-electron chi connectivity index (χ1n) is 7.35. The number of hydrogen-bond donors (Lipinski definition) is 2. The number of nitrogens with zero attached hydrogens (tertiary/aromatic N) is 1. The van der Waals surface area contributed by atoms with E-state index in [0.717, 1.165) is 33.4 Å². The number of halogens is 1. The number of amides is 1. The van der Waals surface area contributed by atoms with Gasteiger partial charge in [0.25, 0.3) is 0 Å². The van der Waals surface area contributed by atoms with Crippen LogP contribution < -0.4 is 5.32 Å². The molecule has 0 fully saturated rings. The van der Waals surface area contributed by atoms with Crippen LogP contribution in [0.3, 0.4) is 0 Å². The van der Waals surface area contributed by atoms with E-state index in [1.165, 1.54) is 0 Å². The molecule has 4 nitrogen and oxygen atoms in total. The van der Waals surface area contributed by atoms with E-state index in [0.29, 0.717) is 6.42 Å². The highest BCUT2D eigenvalue weighted by atomic mass is 79.9. The second kappa shape index (κ2) is 7.24. The van der Waals surface area contributed by atoms with Gasteiger partial charge in [-0.05, 0) is 47.9 Å². The van der Waals surface area contributed by atoms with Gasteiger partial charge in [0.2, 0.25) is 5.91 Å². The summed E-state index contributed by atoms with van der Waals surface area (Å²) < 4.78 is 1.03. The summed E-state index contributed by atoms with van der Waals surface area (Å²) in [5, 5.41) is 9.77. The average Bonchev–Trinajstić information content (AvgIpc) is 3.08. The standard InChI is InChI=1S/C18H16BrN3O/c19-15-3-1-2-13(12-15)4-9-18(23)21-16-7-5-14(6-8-16)17-10-11-20-22-17/h1-3,5-8,10-12H,4,9H2,(H,20,22)(H,21,23). The Balaban J connectivity index is 1.55. The number of benzene rings is 2. The number of rotatable bonds is 5. The van der Waals surface area contributed by atoms with E-state index in [-0.39, 0.29) is 5.91 Å². The fourth-order valence-electron chi connectivity index (χ4n) is 2.32. The van der Waals surface area contributed by atoms with Gasteiger partial charge < -0.3 is 5.32 Å². The Labute approximate surface area is 143 Å². The third-order valence-corrected chi connectivity index (χ3v) is 4.00. The minimum Gasteiger partial charge on any atom is -0.326 e. The zero-order valence-corrected chi connectivity index (χ0v) is 14.0. The van der Waals surface area contributed by atoms with E-state index < -0.39 is 0 Å². The summed E-state index contributed by atoms with van der Waals surface area (Å²) in [5.74, 6) is 0.0132. The molecule has 3 rings (SSSR count). The molecule has 0 saturated heterocycles. The van der Waals surface area contributed by atoms with Crippen LogP contribution in [0.4, 0.5) is 5.69 Å². The molecular weight excluding hydrogens is 354 g/mol. The molecule has 2 aromatic carbocycles. The molecule has 0 unspecified atom stereocenters. The Hall–Kier alpha value is -2.40. The summed E-state index contributed by atoms with van der Waals surface area (Å²) in [7, 11) is 0. The first-order chi connectivity index (χ1) is 11.2. The van der Waals surface area contributed by atoms with Crippen molar-refractivity contribution in [2.75, 3.05) is 5.32 Å². The zero-order valence-electron chi connectivity index (χ0n) is 12.4. The van der Waals surface area contributed by atoms with Crippen molar-refractivity contribution in [1.29, 1.82) is 0 Å². The van der Waals surface area contributed by atoms with Gasteiger partial charge in [-0.25, -0.2) is 0 Å². The summed E-state index contributed by atoms with van der Waals surface area (Å²) in [6, 6.07) is 17.6. The van der Waals surface area contributed by atoms with Crippen LogP contribution in [0, 0.1) is 0 Å². The lowest BCUT2D eigenvalue weighted by Gasteiger charge is -2.06. The van der Waals surface area contributed by atoms with Gasteiger partial charge in [0.15, 0.2) is 0 Å². The maximum absolute atomic E-state index is 12.0. The summed E-state index contributed by atoms with van der Waals surface area (Å²) in [4.78, 5) is 12.0. The number of aromatic amines is 1. The molecule has 1 amide bonds. The van der Waals surface area contributed by atoms with Gasteiger partial charge in [-0.15, -0.1) is 0 Å². The van der Waals surface area contributed by atoms with Crippen LogP contribution in [0.1, 0.15) is 12.0 Å². The van der Waals surface area contributed by atoms with Crippen LogP contribution in [0.25, 0.3) is 11.3 Å². The highest BCUT2D eigenvalue weighted by molar-refractivity contribution is 9.10. The van der Waals surface area contributed by atoms with Crippen molar-refractivity contribution >= 4 is 27.5 Å². The predicted molar refractivity (Wildman–Crippen MR) is 95.1 cm³/mol. The number of aromatic nitrogens is 2. The van der Waals surface area contributed by atoms with Crippen molar-refractivity contribution in [3.05, 3.63) is 70.8 Å². The Kier molecular flexibility index (Phi) is 4.88. The minimum absolute atomic E-state index is 0.0132. The van der Waals surface area contributed by atoms with Crippen LogP contribution in [-0.2, 0) is 11.2 Å². The third-order valence-electron chi connectivity index (χ3n) is 3.51. The summed E-state index contributed by atoms with van der Waals surface area (Å²) in [5.41, 5.74) is 3.93. The smallest absolute Gasteiger partial charge is 0.224 e. The molecule has 0 atom stereocenters. The van der Waals surface area contributed by atoms with E-state index in [1.54, 1.807) is 6.20 Å². The van der Waals surface area contributed by atoms with Crippen molar-refractivity contribution in [2.24, 2.45) is 0 Å². The maximum Gasteiger partial charge on any atom is 0.224 e. The molecule has 0 aliphatic rings. The normalized spacial score (nSPS) is 10.5. The van der Waals surface area contributed by atoms with Gasteiger partial charge in [-0.2, -0.15) is 5.10 Å². The van der Waals surface area contributed by atoms with Crippen molar-refractivity contribution in [3.63, 3.8) is 0 Å². The van der Waals surface area contributed by atoms with Gasteiger partial charge in [0, 0.05) is 22.8 Å². The topological polar surface area (TPSA) is 57.8 Å².